The molecule has 0 aromatic carbocycles. The van der Waals surface area contributed by atoms with Gasteiger partial charge >= 0.3 is 5.97 Å². The normalized spacial score (nSPS) is 10.3. The van der Waals surface area contributed by atoms with Crippen LogP contribution in [-0.4, -0.2) is 26.0 Å². The summed E-state index contributed by atoms with van der Waals surface area (Å²) >= 11 is 1.39. The van der Waals surface area contributed by atoms with E-state index in [1.807, 2.05) is 0 Å². The first-order chi connectivity index (χ1) is 7.65. The molecule has 1 N–H and O–H groups in total. The van der Waals surface area contributed by atoms with E-state index in [1.165, 1.54) is 11.3 Å². The first-order valence-corrected chi connectivity index (χ1v) is 5.49. The molecule has 82 valence electrons. The molecule has 0 fully saturated rings. The lowest BCUT2D eigenvalue weighted by Crippen LogP contribution is -2.00. The van der Waals surface area contributed by atoms with Crippen LogP contribution in [0.4, 0.5) is 0 Å². The van der Waals surface area contributed by atoms with E-state index in [2.05, 4.69) is 15.0 Å². The summed E-state index contributed by atoms with van der Waals surface area (Å²) in [7, 11) is 0. The summed E-state index contributed by atoms with van der Waals surface area (Å²) in [5, 5.41) is 11.1. The summed E-state index contributed by atoms with van der Waals surface area (Å²) < 4.78 is 0. The van der Waals surface area contributed by atoms with Crippen molar-refractivity contribution in [3.05, 3.63) is 29.2 Å². The van der Waals surface area contributed by atoms with Gasteiger partial charge in [0.25, 0.3) is 0 Å². The van der Waals surface area contributed by atoms with Crippen molar-refractivity contribution in [3.63, 3.8) is 0 Å². The second-order valence-electron chi connectivity index (χ2n) is 3.20. The van der Waals surface area contributed by atoms with Crippen LogP contribution in [0.1, 0.15) is 11.5 Å². The summed E-state index contributed by atoms with van der Waals surface area (Å²) in [6.45, 7) is 1.80. The quantitative estimate of drug-likeness (QED) is 0.873. The average Bonchev–Trinajstić information content (AvgIpc) is 2.65. The smallest absolute Gasteiger partial charge is 0.309 e. The van der Waals surface area contributed by atoms with Gasteiger partial charge in [0.1, 0.15) is 16.5 Å². The fraction of sp³-hybridized carbons (Fsp3) is 0.200. The molecule has 2 aromatic rings. The Morgan fingerprint density at radius 3 is 3.00 bits per heavy atom. The maximum Gasteiger partial charge on any atom is 0.309 e. The van der Waals surface area contributed by atoms with Crippen LogP contribution in [0.15, 0.2) is 17.6 Å². The molecule has 2 aromatic heterocycles. The van der Waals surface area contributed by atoms with Gasteiger partial charge in [-0.3, -0.25) is 4.79 Å². The Kier molecular flexibility index (Phi) is 2.91. The minimum Gasteiger partial charge on any atom is -0.481 e. The van der Waals surface area contributed by atoms with Gasteiger partial charge < -0.3 is 5.11 Å². The van der Waals surface area contributed by atoms with Gasteiger partial charge in [-0.05, 0) is 13.0 Å². The van der Waals surface area contributed by atoms with Crippen LogP contribution in [-0.2, 0) is 11.2 Å². The Labute approximate surface area is 95.8 Å². The lowest BCUT2D eigenvalue weighted by molar-refractivity contribution is -0.136. The highest BCUT2D eigenvalue weighted by atomic mass is 32.1. The number of aliphatic carboxylic acids is 1. The molecule has 0 saturated heterocycles. The van der Waals surface area contributed by atoms with E-state index in [1.54, 1.807) is 24.6 Å². The fourth-order valence-corrected chi connectivity index (χ4v) is 2.02. The van der Waals surface area contributed by atoms with Gasteiger partial charge in [0.05, 0.1) is 12.1 Å². The molecule has 5 nitrogen and oxygen atoms in total. The molecule has 0 bridgehead atoms. The summed E-state index contributed by atoms with van der Waals surface area (Å²) in [6.07, 6.45) is 1.61. The maximum atomic E-state index is 10.5. The second-order valence-corrected chi connectivity index (χ2v) is 4.06. The highest BCUT2D eigenvalue weighted by Crippen LogP contribution is 2.21. The van der Waals surface area contributed by atoms with Gasteiger partial charge in [0, 0.05) is 11.6 Å². The van der Waals surface area contributed by atoms with Crippen LogP contribution in [0, 0.1) is 6.92 Å². The van der Waals surface area contributed by atoms with E-state index in [0.717, 1.165) is 10.7 Å². The van der Waals surface area contributed by atoms with E-state index in [9.17, 15) is 4.79 Å². The lowest BCUT2D eigenvalue weighted by Gasteiger charge is -1.95. The number of nitrogens with zero attached hydrogens (tertiary/aromatic N) is 3. The zero-order valence-corrected chi connectivity index (χ0v) is 9.36. The molecule has 2 rings (SSSR count). The third kappa shape index (κ3) is 2.40. The highest BCUT2D eigenvalue weighted by molar-refractivity contribution is 7.13. The third-order valence-corrected chi connectivity index (χ3v) is 2.79. The van der Waals surface area contributed by atoms with Crippen molar-refractivity contribution in [2.75, 3.05) is 0 Å². The molecule has 0 unspecified atom stereocenters. The van der Waals surface area contributed by atoms with Crippen molar-refractivity contribution in [3.8, 4) is 10.7 Å². The van der Waals surface area contributed by atoms with E-state index >= 15 is 0 Å². The number of carbonyl (C=O) groups is 1. The molecule has 0 atom stereocenters. The van der Waals surface area contributed by atoms with Crippen LogP contribution < -0.4 is 0 Å². The van der Waals surface area contributed by atoms with Gasteiger partial charge in [-0.2, -0.15) is 0 Å². The van der Waals surface area contributed by atoms with E-state index in [0.29, 0.717) is 11.5 Å². The van der Waals surface area contributed by atoms with E-state index < -0.39 is 5.97 Å². The number of aromatic nitrogens is 3. The van der Waals surface area contributed by atoms with Crippen LogP contribution in [0.3, 0.4) is 0 Å². The highest BCUT2D eigenvalue weighted by Gasteiger charge is 2.08. The van der Waals surface area contributed by atoms with Crippen molar-refractivity contribution >= 4 is 17.3 Å². The van der Waals surface area contributed by atoms with Crippen molar-refractivity contribution in [2.45, 2.75) is 13.3 Å². The van der Waals surface area contributed by atoms with Crippen molar-refractivity contribution in [2.24, 2.45) is 0 Å². The molecule has 0 radical (unpaired) electrons. The number of hydrogen-bond acceptors (Lipinski definition) is 5. The van der Waals surface area contributed by atoms with Crippen LogP contribution in [0.2, 0.25) is 0 Å². The van der Waals surface area contributed by atoms with Gasteiger partial charge in [-0.1, -0.05) is 0 Å². The summed E-state index contributed by atoms with van der Waals surface area (Å²) in [5.41, 5.74) is 1.29. The van der Waals surface area contributed by atoms with Crippen molar-refractivity contribution in [1.29, 1.82) is 0 Å². The van der Waals surface area contributed by atoms with Crippen LogP contribution >= 0.6 is 11.3 Å². The van der Waals surface area contributed by atoms with Gasteiger partial charge in [0.2, 0.25) is 0 Å². The Hall–Kier alpha value is -1.82. The molecule has 0 saturated carbocycles. The van der Waals surface area contributed by atoms with Gasteiger partial charge in [-0.25, -0.2) is 15.0 Å². The second kappa shape index (κ2) is 4.36. The minimum absolute atomic E-state index is 0.0550. The Bertz CT molecular complexity index is 524. The monoisotopic (exact) mass is 235 g/mol. The predicted octanol–water partition coefficient (Wildman–Crippen LogP) is 1.54. The van der Waals surface area contributed by atoms with Gasteiger partial charge in [-0.15, -0.1) is 11.3 Å². The predicted molar refractivity (Wildman–Crippen MR) is 59.2 cm³/mol. The maximum absolute atomic E-state index is 10.5. The number of rotatable bonds is 3. The first kappa shape index (κ1) is 10.7. The molecule has 0 aliphatic heterocycles. The Balaban J connectivity index is 2.28. The van der Waals surface area contributed by atoms with Gasteiger partial charge in [0.15, 0.2) is 0 Å². The molecule has 16 heavy (non-hydrogen) atoms. The third-order valence-electron chi connectivity index (χ3n) is 1.88. The topological polar surface area (TPSA) is 76.0 Å². The fourth-order valence-electron chi connectivity index (χ4n) is 1.24. The molecule has 0 aliphatic carbocycles. The zero-order valence-electron chi connectivity index (χ0n) is 8.54. The standard InChI is InChI=1S/C10H9N3O2S/c1-6-11-3-2-8(12-6)10-13-7(5-16-10)4-9(14)15/h2-3,5H,4H2,1H3,(H,14,15). The largest absolute Gasteiger partial charge is 0.481 e. The summed E-state index contributed by atoms with van der Waals surface area (Å²) in [4.78, 5) is 22.9. The number of carboxylic acid groups (broad SMARTS) is 1. The van der Waals surface area contributed by atoms with Crippen molar-refractivity contribution < 1.29 is 9.90 Å². The molecule has 6 heteroatoms. The van der Waals surface area contributed by atoms with Crippen molar-refractivity contribution in [1.82, 2.24) is 15.0 Å². The first-order valence-electron chi connectivity index (χ1n) is 4.61. The number of carboxylic acids is 1. The Morgan fingerprint density at radius 1 is 1.50 bits per heavy atom. The van der Waals surface area contributed by atoms with E-state index in [4.69, 9.17) is 5.11 Å². The number of hydrogen-bond donors (Lipinski definition) is 1. The number of thiazole rings is 1. The number of aryl methyl sites for hydroxylation is 1. The molecular weight excluding hydrogens is 226 g/mol. The summed E-state index contributed by atoms with van der Waals surface area (Å²) in [5.74, 6) is -0.205. The lowest BCUT2D eigenvalue weighted by atomic mass is 10.3. The minimum atomic E-state index is -0.879. The molecule has 0 amide bonds. The average molecular weight is 235 g/mol. The summed E-state index contributed by atoms with van der Waals surface area (Å²) in [6, 6.07) is 1.76. The van der Waals surface area contributed by atoms with Crippen LogP contribution in [0.25, 0.3) is 10.7 Å². The van der Waals surface area contributed by atoms with Crippen LogP contribution in [0.5, 0.6) is 0 Å². The molecule has 0 aliphatic rings. The molecule has 2 heterocycles. The van der Waals surface area contributed by atoms with E-state index in [-0.39, 0.29) is 6.42 Å². The molecular formula is C10H9N3O2S. The zero-order chi connectivity index (χ0) is 11.5. The molecule has 0 spiro atoms. The SMILES string of the molecule is Cc1nccc(-c2nc(CC(=O)O)cs2)n1. The Morgan fingerprint density at radius 2 is 2.31 bits per heavy atom.